The van der Waals surface area contributed by atoms with Gasteiger partial charge in [0.25, 0.3) is 0 Å². The van der Waals surface area contributed by atoms with Crippen LogP contribution in [0.25, 0.3) is 5.70 Å². The molecule has 2 heterocycles. The van der Waals surface area contributed by atoms with Gasteiger partial charge in [0, 0.05) is 64.0 Å². The molecular weight excluding hydrogens is 431 g/mol. The van der Waals surface area contributed by atoms with Gasteiger partial charge in [0.1, 0.15) is 11.7 Å². The lowest BCUT2D eigenvalue weighted by atomic mass is 10.0. The second-order valence-electron chi connectivity index (χ2n) is 8.93. The Morgan fingerprint density at radius 2 is 1.91 bits per heavy atom. The van der Waals surface area contributed by atoms with Gasteiger partial charge in [-0.1, -0.05) is 13.0 Å². The second-order valence-corrected chi connectivity index (χ2v) is 8.93. The molecule has 0 atom stereocenters. The molecule has 0 bridgehead atoms. The van der Waals surface area contributed by atoms with Crippen molar-refractivity contribution in [2.45, 2.75) is 40.5 Å². The molecule has 0 radical (unpaired) electrons. The first kappa shape index (κ1) is 26.0. The molecule has 8 heteroatoms. The van der Waals surface area contributed by atoms with E-state index in [0.29, 0.717) is 24.2 Å². The van der Waals surface area contributed by atoms with Crippen molar-refractivity contribution >= 4 is 23.7 Å². The number of aliphatic imine (C=N–C) groups is 2. The van der Waals surface area contributed by atoms with E-state index in [0.717, 1.165) is 75.7 Å². The highest BCUT2D eigenvalue weighted by molar-refractivity contribution is 5.97. The quantitative estimate of drug-likeness (QED) is 0.564. The first-order valence-corrected chi connectivity index (χ1v) is 12.5. The van der Waals surface area contributed by atoms with Crippen molar-refractivity contribution in [3.8, 4) is 0 Å². The summed E-state index contributed by atoms with van der Waals surface area (Å²) >= 11 is 0. The molecule has 1 aromatic carbocycles. The van der Waals surface area contributed by atoms with E-state index in [1.165, 1.54) is 6.07 Å². The van der Waals surface area contributed by atoms with Crippen LogP contribution in [0.5, 0.6) is 0 Å². The summed E-state index contributed by atoms with van der Waals surface area (Å²) in [7, 11) is 0. The fourth-order valence-corrected chi connectivity index (χ4v) is 4.31. The van der Waals surface area contributed by atoms with Crippen LogP contribution in [0.1, 0.15) is 43.4 Å². The molecule has 0 unspecified atom stereocenters. The molecule has 1 saturated heterocycles. The van der Waals surface area contributed by atoms with Gasteiger partial charge in [-0.05, 0) is 50.9 Å². The fourth-order valence-electron chi connectivity index (χ4n) is 4.31. The molecule has 186 valence electrons. The van der Waals surface area contributed by atoms with Crippen LogP contribution in [0.4, 0.5) is 4.39 Å². The topological polar surface area (TPSA) is 63.5 Å². The smallest absolute Gasteiger partial charge is 0.236 e. The van der Waals surface area contributed by atoms with Crippen LogP contribution in [-0.4, -0.2) is 91.6 Å². The van der Waals surface area contributed by atoms with Crippen LogP contribution in [0, 0.1) is 19.7 Å². The summed E-state index contributed by atoms with van der Waals surface area (Å²) in [6, 6.07) is 3.28. The summed E-state index contributed by atoms with van der Waals surface area (Å²) in [5, 5.41) is 3.36. The van der Waals surface area contributed by atoms with E-state index in [-0.39, 0.29) is 11.7 Å². The number of piperazine rings is 1. The summed E-state index contributed by atoms with van der Waals surface area (Å²) in [5.74, 6) is 0.856. The number of amidine groups is 1. The average molecular weight is 471 g/mol. The van der Waals surface area contributed by atoms with E-state index in [9.17, 15) is 9.18 Å². The Kier molecular flexibility index (Phi) is 9.77. The monoisotopic (exact) mass is 470 g/mol. The molecule has 0 spiro atoms. The minimum atomic E-state index is -0.273. The number of hydrogen-bond acceptors (Lipinski definition) is 6. The molecule has 3 rings (SSSR count). The van der Waals surface area contributed by atoms with Crippen molar-refractivity contribution in [1.82, 2.24) is 20.0 Å². The molecule has 1 N–H and O–H groups in total. The number of likely N-dealkylation sites (N-methyl/N-ethyl adjacent to an activating group) is 1. The number of carbonyl (C=O) groups is 1. The Bertz CT molecular complexity index is 933. The van der Waals surface area contributed by atoms with Crippen LogP contribution >= 0.6 is 0 Å². The number of aryl methyl sites for hydroxylation is 1. The summed E-state index contributed by atoms with van der Waals surface area (Å²) in [4.78, 5) is 28.3. The maximum atomic E-state index is 14.5. The van der Waals surface area contributed by atoms with Crippen LogP contribution in [-0.2, 0) is 4.79 Å². The summed E-state index contributed by atoms with van der Waals surface area (Å²) in [5.41, 5.74) is 3.01. The lowest BCUT2D eigenvalue weighted by Crippen LogP contribution is -2.52. The van der Waals surface area contributed by atoms with E-state index in [1.54, 1.807) is 12.3 Å². The van der Waals surface area contributed by atoms with Gasteiger partial charge in [0.2, 0.25) is 5.91 Å². The van der Waals surface area contributed by atoms with Gasteiger partial charge in [0.05, 0.1) is 18.4 Å². The Labute approximate surface area is 203 Å². The molecule has 1 aromatic rings. The zero-order valence-corrected chi connectivity index (χ0v) is 21.1. The fraction of sp³-hybridized carbons (Fsp3) is 0.577. The maximum Gasteiger partial charge on any atom is 0.236 e. The van der Waals surface area contributed by atoms with E-state index in [4.69, 9.17) is 0 Å². The normalized spacial score (nSPS) is 16.8. The first-order valence-electron chi connectivity index (χ1n) is 12.5. The molecule has 0 aromatic heterocycles. The van der Waals surface area contributed by atoms with Crippen molar-refractivity contribution in [1.29, 1.82) is 0 Å². The minimum absolute atomic E-state index is 0.191. The SMILES string of the molecule is CCCNCCN(CC)C(=O)CN1CCN(C2=NC=C(c3c(F)ccc(C)c3C)N=CC2)CC1. The number of rotatable bonds is 9. The van der Waals surface area contributed by atoms with Gasteiger partial charge in [-0.25, -0.2) is 9.38 Å². The third kappa shape index (κ3) is 6.73. The van der Waals surface area contributed by atoms with Crippen molar-refractivity contribution in [3.63, 3.8) is 0 Å². The molecule has 1 fully saturated rings. The summed E-state index contributed by atoms with van der Waals surface area (Å²) in [6.07, 6.45) is 5.21. The Balaban J connectivity index is 1.56. The van der Waals surface area contributed by atoms with Gasteiger partial charge >= 0.3 is 0 Å². The lowest BCUT2D eigenvalue weighted by Gasteiger charge is -2.36. The molecule has 7 nitrogen and oxygen atoms in total. The number of carbonyl (C=O) groups excluding carboxylic acids is 1. The minimum Gasteiger partial charge on any atom is -0.357 e. The van der Waals surface area contributed by atoms with Crippen LogP contribution < -0.4 is 5.32 Å². The first-order chi connectivity index (χ1) is 16.4. The summed E-state index contributed by atoms with van der Waals surface area (Å²) < 4.78 is 14.5. The van der Waals surface area contributed by atoms with Crippen LogP contribution in [0.15, 0.2) is 28.3 Å². The van der Waals surface area contributed by atoms with E-state index < -0.39 is 0 Å². The number of halogens is 1. The maximum absolute atomic E-state index is 14.5. The molecule has 2 aliphatic rings. The molecule has 0 saturated carbocycles. The number of benzene rings is 1. The van der Waals surface area contributed by atoms with Gasteiger partial charge in [-0.3, -0.25) is 14.7 Å². The van der Waals surface area contributed by atoms with Gasteiger partial charge in [0.15, 0.2) is 0 Å². The standard InChI is InChI=1S/C26H39FN6O/c1-5-10-28-12-13-32(6-2)25(34)19-31-14-16-33(17-15-31)24-9-11-29-23(18-30-24)26-21(4)20(3)7-8-22(26)27/h7-8,11,18,28H,5-6,9-10,12-17,19H2,1-4H3. The average Bonchev–Trinajstić information content (AvgIpc) is 3.08. The highest BCUT2D eigenvalue weighted by Crippen LogP contribution is 2.27. The molecule has 2 aliphatic heterocycles. The van der Waals surface area contributed by atoms with Crippen molar-refractivity contribution in [2.75, 3.05) is 58.9 Å². The van der Waals surface area contributed by atoms with E-state index in [2.05, 4.69) is 32.0 Å². The van der Waals surface area contributed by atoms with Gasteiger partial charge in [-0.15, -0.1) is 0 Å². The third-order valence-corrected chi connectivity index (χ3v) is 6.60. The molecule has 1 amide bonds. The molecule has 0 aliphatic carbocycles. The summed E-state index contributed by atoms with van der Waals surface area (Å²) in [6.45, 7) is 15.1. The molecule has 34 heavy (non-hydrogen) atoms. The highest BCUT2D eigenvalue weighted by atomic mass is 19.1. The highest BCUT2D eigenvalue weighted by Gasteiger charge is 2.23. The number of nitrogens with one attached hydrogen (secondary N) is 1. The Hall–Kier alpha value is -2.58. The third-order valence-electron chi connectivity index (χ3n) is 6.60. The number of hydrogen-bond donors (Lipinski definition) is 1. The lowest BCUT2D eigenvalue weighted by molar-refractivity contribution is -0.132. The van der Waals surface area contributed by atoms with Crippen LogP contribution in [0.2, 0.25) is 0 Å². The zero-order chi connectivity index (χ0) is 24.5. The van der Waals surface area contributed by atoms with Crippen molar-refractivity contribution < 1.29 is 9.18 Å². The van der Waals surface area contributed by atoms with E-state index >= 15 is 0 Å². The zero-order valence-electron chi connectivity index (χ0n) is 21.1. The van der Waals surface area contributed by atoms with Gasteiger partial charge < -0.3 is 15.1 Å². The van der Waals surface area contributed by atoms with Gasteiger partial charge in [-0.2, -0.15) is 0 Å². The second kappa shape index (κ2) is 12.8. The predicted molar refractivity (Wildman–Crippen MR) is 138 cm³/mol. The Morgan fingerprint density at radius 1 is 1.15 bits per heavy atom. The van der Waals surface area contributed by atoms with Crippen molar-refractivity contribution in [3.05, 3.63) is 40.8 Å². The number of amides is 1. The number of nitrogens with zero attached hydrogens (tertiary/aromatic N) is 5. The van der Waals surface area contributed by atoms with E-state index in [1.807, 2.05) is 31.9 Å². The molecular formula is C26H39FN6O. The predicted octanol–water partition coefficient (Wildman–Crippen LogP) is 3.08. The Morgan fingerprint density at radius 3 is 2.62 bits per heavy atom. The van der Waals surface area contributed by atoms with Crippen molar-refractivity contribution in [2.24, 2.45) is 9.98 Å². The van der Waals surface area contributed by atoms with Crippen LogP contribution in [0.3, 0.4) is 0 Å². The largest absolute Gasteiger partial charge is 0.357 e.